The molecule has 268 valence electrons. The van der Waals surface area contributed by atoms with E-state index in [0.29, 0.717) is 23.5 Å². The first-order valence-corrected chi connectivity index (χ1v) is 18.0. The van der Waals surface area contributed by atoms with E-state index in [0.717, 1.165) is 32.7 Å². The second-order valence-corrected chi connectivity index (χ2v) is 15.7. The molecule has 51 heavy (non-hydrogen) atoms. The zero-order valence-electron chi connectivity index (χ0n) is 28.7. The number of aliphatic carboxylic acids is 1. The zero-order valence-corrected chi connectivity index (χ0v) is 29.6. The maximum absolute atomic E-state index is 13.5. The van der Waals surface area contributed by atoms with Gasteiger partial charge in [0.05, 0.1) is 16.7 Å². The molecule has 1 aliphatic heterocycles. The number of rotatable bonds is 9. The topological polar surface area (TPSA) is 112 Å². The van der Waals surface area contributed by atoms with Crippen LogP contribution in [0.4, 0.5) is 13.2 Å². The smallest absolute Gasteiger partial charge is 0.391 e. The molecule has 0 spiro atoms. The summed E-state index contributed by atoms with van der Waals surface area (Å²) in [5.41, 5.74) is 4.23. The summed E-state index contributed by atoms with van der Waals surface area (Å²) in [5.74, 6) is -2.78. The average molecular weight is 719 g/mol. The highest BCUT2D eigenvalue weighted by atomic mass is 32.1. The Labute approximate surface area is 299 Å². The molecule has 0 bridgehead atoms. The van der Waals surface area contributed by atoms with Crippen LogP contribution in [0.25, 0.3) is 22.5 Å². The standard InChI is InChI=1S/C39H41F3N4O4S/c1-38(2,3)33-17-16-32(51-33)35(47)45-31(36(48)46-21-29(22-46)37(49)50)18-23-4-6-27(7-5-23)34-43-19-28(20-44-34)26-10-8-24(9-11-26)25-12-14-30(15-13-25)39(40,41)42/h4-11,16-17,19-20,25,29-31H,12-15,18,21-22H2,1-3H3,(H,45,47)(H,49,50)/t25-,30+,31-/m0/s1. The molecule has 2 aromatic heterocycles. The van der Waals surface area contributed by atoms with Crippen molar-refractivity contribution in [1.29, 1.82) is 0 Å². The van der Waals surface area contributed by atoms with Crippen molar-refractivity contribution < 1.29 is 32.7 Å². The third-order valence-electron chi connectivity index (χ3n) is 9.92. The number of nitrogens with one attached hydrogen (secondary N) is 1. The number of carboxylic acids is 1. The molecule has 3 heterocycles. The lowest BCUT2D eigenvalue weighted by molar-refractivity contribution is -0.182. The molecule has 12 heteroatoms. The van der Waals surface area contributed by atoms with Crippen molar-refractivity contribution in [2.45, 2.75) is 76.4 Å². The number of amides is 2. The molecule has 1 aliphatic carbocycles. The summed E-state index contributed by atoms with van der Waals surface area (Å²) in [6.07, 6.45) is 0.976. The molecule has 2 N–H and O–H groups in total. The van der Waals surface area contributed by atoms with Gasteiger partial charge in [0.15, 0.2) is 5.82 Å². The number of likely N-dealkylation sites (tertiary alicyclic amines) is 1. The molecule has 0 unspecified atom stereocenters. The van der Waals surface area contributed by atoms with Crippen LogP contribution >= 0.6 is 11.3 Å². The first-order valence-electron chi connectivity index (χ1n) is 17.2. The highest BCUT2D eigenvalue weighted by Gasteiger charge is 2.42. The Bertz CT molecular complexity index is 1850. The van der Waals surface area contributed by atoms with Crippen LogP contribution in [0.1, 0.15) is 78.0 Å². The van der Waals surface area contributed by atoms with Gasteiger partial charge in [0.2, 0.25) is 5.91 Å². The Morgan fingerprint density at radius 2 is 1.47 bits per heavy atom. The highest BCUT2D eigenvalue weighted by molar-refractivity contribution is 7.14. The first-order chi connectivity index (χ1) is 24.2. The fourth-order valence-corrected chi connectivity index (χ4v) is 7.65. The Hall–Kier alpha value is -4.58. The lowest BCUT2D eigenvalue weighted by Crippen LogP contribution is -2.59. The minimum Gasteiger partial charge on any atom is -0.481 e. The van der Waals surface area contributed by atoms with Gasteiger partial charge < -0.3 is 15.3 Å². The Morgan fingerprint density at radius 3 is 2.02 bits per heavy atom. The number of hydrogen-bond donors (Lipinski definition) is 2. The summed E-state index contributed by atoms with van der Waals surface area (Å²) in [4.78, 5) is 50.2. The van der Waals surface area contributed by atoms with Crippen molar-refractivity contribution in [2.75, 3.05) is 13.1 Å². The van der Waals surface area contributed by atoms with Gasteiger partial charge in [-0.15, -0.1) is 11.3 Å². The van der Waals surface area contributed by atoms with Crippen molar-refractivity contribution in [2.24, 2.45) is 11.8 Å². The average Bonchev–Trinajstić information content (AvgIpc) is 3.59. The van der Waals surface area contributed by atoms with E-state index >= 15 is 0 Å². The minimum atomic E-state index is -4.11. The third kappa shape index (κ3) is 8.49. The molecule has 2 aromatic carbocycles. The number of benzene rings is 2. The Kier molecular flexibility index (Phi) is 10.3. The molecule has 1 saturated carbocycles. The van der Waals surface area contributed by atoms with Crippen LogP contribution in [0.15, 0.2) is 73.1 Å². The van der Waals surface area contributed by atoms with E-state index in [4.69, 9.17) is 0 Å². The summed E-state index contributed by atoms with van der Waals surface area (Å²) in [7, 11) is 0. The molecule has 1 atom stereocenters. The second-order valence-electron chi connectivity index (χ2n) is 14.6. The summed E-state index contributed by atoms with van der Waals surface area (Å²) >= 11 is 1.39. The van der Waals surface area contributed by atoms with Gasteiger partial charge in [-0.3, -0.25) is 14.4 Å². The molecular weight excluding hydrogens is 678 g/mol. The summed E-state index contributed by atoms with van der Waals surface area (Å²) < 4.78 is 39.2. The number of nitrogens with zero attached hydrogens (tertiary/aromatic N) is 3. The number of carbonyl (C=O) groups excluding carboxylic acids is 2. The fraction of sp³-hybridized carbons (Fsp3) is 0.410. The maximum Gasteiger partial charge on any atom is 0.391 e. The largest absolute Gasteiger partial charge is 0.481 e. The van der Waals surface area contributed by atoms with E-state index in [1.54, 1.807) is 18.5 Å². The maximum atomic E-state index is 13.5. The monoisotopic (exact) mass is 718 g/mol. The van der Waals surface area contributed by atoms with Crippen molar-refractivity contribution >= 4 is 29.1 Å². The summed E-state index contributed by atoms with van der Waals surface area (Å²) in [6.45, 7) is 6.42. The van der Waals surface area contributed by atoms with E-state index in [9.17, 15) is 32.7 Å². The van der Waals surface area contributed by atoms with Crippen molar-refractivity contribution in [3.8, 4) is 22.5 Å². The molecule has 2 aliphatic rings. The number of carboxylic acid groups (broad SMARTS) is 1. The predicted molar refractivity (Wildman–Crippen MR) is 189 cm³/mol. The van der Waals surface area contributed by atoms with E-state index in [2.05, 4.69) is 36.1 Å². The number of hydrogen-bond acceptors (Lipinski definition) is 6. The fourth-order valence-electron chi connectivity index (χ4n) is 6.68. The van der Waals surface area contributed by atoms with Crippen molar-refractivity contribution in [3.05, 3.63) is 93.9 Å². The van der Waals surface area contributed by atoms with E-state index in [-0.39, 0.29) is 55.5 Å². The first kappa shape index (κ1) is 36.2. The van der Waals surface area contributed by atoms with Gasteiger partial charge in [0.25, 0.3) is 5.91 Å². The molecule has 6 rings (SSSR count). The van der Waals surface area contributed by atoms with Gasteiger partial charge in [-0.05, 0) is 65.8 Å². The van der Waals surface area contributed by atoms with E-state index in [1.165, 1.54) is 16.2 Å². The lowest BCUT2D eigenvalue weighted by Gasteiger charge is -2.38. The van der Waals surface area contributed by atoms with Gasteiger partial charge in [-0.1, -0.05) is 69.3 Å². The predicted octanol–water partition coefficient (Wildman–Crippen LogP) is 7.89. The number of thiophene rings is 1. The number of alkyl halides is 3. The lowest BCUT2D eigenvalue weighted by atomic mass is 9.78. The van der Waals surface area contributed by atoms with E-state index < -0.39 is 30.0 Å². The Morgan fingerprint density at radius 1 is 0.863 bits per heavy atom. The van der Waals surface area contributed by atoms with Gasteiger partial charge >= 0.3 is 12.1 Å². The molecule has 4 aromatic rings. The third-order valence-corrected chi connectivity index (χ3v) is 11.4. The highest BCUT2D eigenvalue weighted by Crippen LogP contribution is 2.43. The number of carbonyl (C=O) groups is 3. The van der Waals surface area contributed by atoms with Crippen LogP contribution in [0.2, 0.25) is 0 Å². The molecule has 8 nitrogen and oxygen atoms in total. The van der Waals surface area contributed by atoms with Gasteiger partial charge in [-0.2, -0.15) is 13.2 Å². The Balaban J connectivity index is 1.10. The van der Waals surface area contributed by atoms with Crippen LogP contribution in [0.5, 0.6) is 0 Å². The molecular formula is C39H41F3N4O4S. The van der Waals surface area contributed by atoms with Crippen molar-refractivity contribution in [3.63, 3.8) is 0 Å². The minimum absolute atomic E-state index is 0.108. The molecule has 1 saturated heterocycles. The van der Waals surface area contributed by atoms with Gasteiger partial charge in [0, 0.05) is 47.9 Å². The second kappa shape index (κ2) is 14.6. The van der Waals surface area contributed by atoms with Crippen LogP contribution in [0, 0.1) is 11.8 Å². The van der Waals surface area contributed by atoms with E-state index in [1.807, 2.05) is 54.6 Å². The van der Waals surface area contributed by atoms with Crippen LogP contribution in [0.3, 0.4) is 0 Å². The number of aromatic nitrogens is 2. The van der Waals surface area contributed by atoms with Gasteiger partial charge in [-0.25, -0.2) is 9.97 Å². The van der Waals surface area contributed by atoms with Gasteiger partial charge in [0.1, 0.15) is 6.04 Å². The number of halogens is 3. The van der Waals surface area contributed by atoms with Crippen LogP contribution in [-0.2, 0) is 21.4 Å². The summed E-state index contributed by atoms with van der Waals surface area (Å²) in [6, 6.07) is 18.1. The molecule has 0 radical (unpaired) electrons. The molecule has 2 fully saturated rings. The van der Waals surface area contributed by atoms with Crippen LogP contribution in [-0.4, -0.2) is 63.1 Å². The SMILES string of the molecule is CC(C)(C)c1ccc(C(=O)N[C@@H](Cc2ccc(-c3ncc(-c4ccc([C@H]5CC[C@@H](C(F)(F)F)CC5)cc4)cn3)cc2)C(=O)N2CC(C(=O)O)C2)s1. The zero-order chi connectivity index (χ0) is 36.5. The molecule has 2 amide bonds. The normalized spacial score (nSPS) is 18.9. The van der Waals surface area contributed by atoms with Crippen molar-refractivity contribution in [1.82, 2.24) is 20.2 Å². The summed E-state index contributed by atoms with van der Waals surface area (Å²) in [5, 5.41) is 12.2. The van der Waals surface area contributed by atoms with Crippen LogP contribution < -0.4 is 5.32 Å². The quantitative estimate of drug-likeness (QED) is 0.182.